The molecule has 1 aromatic heterocycles. The highest BCUT2D eigenvalue weighted by Crippen LogP contribution is 2.53. The van der Waals surface area contributed by atoms with Crippen LogP contribution in [-0.2, 0) is 9.53 Å². The smallest absolute Gasteiger partial charge is 0.334 e. The van der Waals surface area contributed by atoms with Crippen molar-refractivity contribution in [1.29, 1.82) is 0 Å². The van der Waals surface area contributed by atoms with Crippen molar-refractivity contribution in [2.75, 3.05) is 14.2 Å². The molecule has 138 valence electrons. The van der Waals surface area contributed by atoms with Crippen LogP contribution in [0.3, 0.4) is 0 Å². The molecule has 0 fully saturated rings. The molecule has 0 saturated heterocycles. The summed E-state index contributed by atoms with van der Waals surface area (Å²) in [6, 6.07) is 9.66. The first-order valence-corrected chi connectivity index (χ1v) is 8.79. The molecule has 1 aliphatic heterocycles. The lowest BCUT2D eigenvalue weighted by Gasteiger charge is -2.35. The van der Waals surface area contributed by atoms with Crippen LogP contribution in [0, 0.1) is 0 Å². The molecular formula is C22H21NO4. The van der Waals surface area contributed by atoms with Crippen LogP contribution in [-0.4, -0.2) is 30.8 Å². The van der Waals surface area contributed by atoms with E-state index in [1.165, 1.54) is 7.11 Å². The van der Waals surface area contributed by atoms with Crippen molar-refractivity contribution in [3.05, 3.63) is 65.0 Å². The van der Waals surface area contributed by atoms with Gasteiger partial charge in [-0.1, -0.05) is 12.1 Å². The molecule has 4 rings (SSSR count). The zero-order valence-electron chi connectivity index (χ0n) is 15.8. The molecule has 0 radical (unpaired) electrons. The highest BCUT2D eigenvalue weighted by molar-refractivity contribution is 6.11. The average Bonchev–Trinajstić information content (AvgIpc) is 3.09. The van der Waals surface area contributed by atoms with E-state index in [0.717, 1.165) is 39.3 Å². The van der Waals surface area contributed by atoms with Gasteiger partial charge in [-0.05, 0) is 43.2 Å². The number of hydrogen-bond acceptors (Lipinski definition) is 5. The van der Waals surface area contributed by atoms with E-state index in [1.807, 2.05) is 44.2 Å². The molecule has 27 heavy (non-hydrogen) atoms. The number of nitrogens with zero attached hydrogens (tertiary/aromatic N) is 1. The van der Waals surface area contributed by atoms with Crippen LogP contribution in [0.5, 0.6) is 11.5 Å². The van der Waals surface area contributed by atoms with E-state index in [0.29, 0.717) is 12.0 Å². The second-order valence-corrected chi connectivity index (χ2v) is 7.09. The monoisotopic (exact) mass is 363 g/mol. The van der Waals surface area contributed by atoms with Crippen LogP contribution < -0.4 is 9.47 Å². The van der Waals surface area contributed by atoms with Crippen LogP contribution in [0.4, 0.5) is 0 Å². The third-order valence-electron chi connectivity index (χ3n) is 5.07. The second kappa shape index (κ2) is 6.27. The van der Waals surface area contributed by atoms with E-state index in [2.05, 4.69) is 4.98 Å². The summed E-state index contributed by atoms with van der Waals surface area (Å²) < 4.78 is 16.7. The number of aromatic nitrogens is 1. The van der Waals surface area contributed by atoms with Gasteiger partial charge in [0.1, 0.15) is 17.1 Å². The number of methoxy groups -OCH3 is 2. The minimum absolute atomic E-state index is 0.325. The van der Waals surface area contributed by atoms with Gasteiger partial charge in [0, 0.05) is 34.9 Å². The topological polar surface area (TPSA) is 57.7 Å². The minimum atomic E-state index is -0.612. The summed E-state index contributed by atoms with van der Waals surface area (Å²) in [5.74, 6) is 1.14. The molecule has 0 saturated carbocycles. The Balaban J connectivity index is 1.99. The van der Waals surface area contributed by atoms with Crippen molar-refractivity contribution >= 4 is 17.1 Å². The average molecular weight is 363 g/mol. The number of carbonyl (C=O) groups is 1. The Labute approximate surface area is 158 Å². The number of ether oxygens (including phenoxy) is 3. The van der Waals surface area contributed by atoms with Gasteiger partial charge in [-0.25, -0.2) is 4.79 Å². The van der Waals surface area contributed by atoms with Gasteiger partial charge in [-0.2, -0.15) is 0 Å². The van der Waals surface area contributed by atoms with E-state index in [4.69, 9.17) is 14.2 Å². The van der Waals surface area contributed by atoms with Gasteiger partial charge in [-0.15, -0.1) is 0 Å². The summed E-state index contributed by atoms with van der Waals surface area (Å²) in [6.45, 7) is 4.03. The number of esters is 1. The SMILES string of the molecule is COC(=O)C1=C(c2cccc(OC)c2)C2=C(C1)c1ccncc1OC2(C)C. The van der Waals surface area contributed by atoms with Gasteiger partial charge < -0.3 is 14.2 Å². The summed E-state index contributed by atoms with van der Waals surface area (Å²) in [7, 11) is 3.04. The van der Waals surface area contributed by atoms with Crippen LogP contribution in [0.1, 0.15) is 31.4 Å². The summed E-state index contributed by atoms with van der Waals surface area (Å²) >= 11 is 0. The van der Waals surface area contributed by atoms with E-state index in [1.54, 1.807) is 19.5 Å². The largest absolute Gasteiger partial charge is 0.497 e. The number of fused-ring (bicyclic) bond motifs is 2. The molecule has 0 unspecified atom stereocenters. The van der Waals surface area contributed by atoms with E-state index < -0.39 is 5.60 Å². The Morgan fingerprint density at radius 1 is 1.22 bits per heavy atom. The van der Waals surface area contributed by atoms with Gasteiger partial charge >= 0.3 is 5.97 Å². The molecule has 2 aromatic rings. The molecule has 1 aliphatic carbocycles. The van der Waals surface area contributed by atoms with Crippen molar-refractivity contribution in [1.82, 2.24) is 4.98 Å². The molecule has 0 amide bonds. The van der Waals surface area contributed by atoms with Crippen molar-refractivity contribution in [2.24, 2.45) is 0 Å². The lowest BCUT2D eigenvalue weighted by molar-refractivity contribution is -0.136. The Morgan fingerprint density at radius 3 is 2.78 bits per heavy atom. The maximum atomic E-state index is 12.6. The van der Waals surface area contributed by atoms with Gasteiger partial charge in [0.05, 0.1) is 20.4 Å². The predicted molar refractivity (Wildman–Crippen MR) is 102 cm³/mol. The van der Waals surface area contributed by atoms with E-state index >= 15 is 0 Å². The lowest BCUT2D eigenvalue weighted by Crippen LogP contribution is -2.34. The van der Waals surface area contributed by atoms with Gasteiger partial charge in [0.15, 0.2) is 0 Å². The third kappa shape index (κ3) is 2.70. The molecule has 0 N–H and O–H groups in total. The first-order chi connectivity index (χ1) is 13.0. The number of rotatable bonds is 3. The fraction of sp³-hybridized carbons (Fsp3) is 0.273. The predicted octanol–water partition coefficient (Wildman–Crippen LogP) is 4.05. The van der Waals surface area contributed by atoms with Crippen molar-refractivity contribution in [3.63, 3.8) is 0 Å². The molecular weight excluding hydrogens is 342 g/mol. The number of pyridine rings is 1. The van der Waals surface area contributed by atoms with E-state index in [-0.39, 0.29) is 5.97 Å². The number of benzene rings is 1. The van der Waals surface area contributed by atoms with Crippen LogP contribution in [0.15, 0.2) is 53.9 Å². The quantitative estimate of drug-likeness (QED) is 0.770. The van der Waals surface area contributed by atoms with Gasteiger partial charge in [-0.3, -0.25) is 4.98 Å². The number of hydrogen-bond donors (Lipinski definition) is 0. The lowest BCUT2D eigenvalue weighted by atomic mass is 9.83. The number of allylic oxidation sites excluding steroid dienone is 1. The second-order valence-electron chi connectivity index (χ2n) is 7.09. The third-order valence-corrected chi connectivity index (χ3v) is 5.07. The molecule has 2 heterocycles. The molecule has 0 spiro atoms. The normalized spacial score (nSPS) is 17.2. The summed E-state index contributed by atoms with van der Waals surface area (Å²) in [5, 5.41) is 0. The first-order valence-electron chi connectivity index (χ1n) is 8.79. The Morgan fingerprint density at radius 2 is 2.04 bits per heavy atom. The molecule has 1 aromatic carbocycles. The summed E-state index contributed by atoms with van der Waals surface area (Å²) in [4.78, 5) is 16.8. The highest BCUT2D eigenvalue weighted by atomic mass is 16.5. The molecule has 2 aliphatic rings. The zero-order chi connectivity index (χ0) is 19.2. The van der Waals surface area contributed by atoms with Crippen LogP contribution >= 0.6 is 0 Å². The molecule has 0 bridgehead atoms. The Hall–Kier alpha value is -3.08. The minimum Gasteiger partial charge on any atom is -0.497 e. The van der Waals surface area contributed by atoms with Gasteiger partial charge in [0.25, 0.3) is 0 Å². The summed E-state index contributed by atoms with van der Waals surface area (Å²) in [6.07, 6.45) is 3.97. The first kappa shape index (κ1) is 17.3. The van der Waals surface area contributed by atoms with Crippen molar-refractivity contribution in [3.8, 4) is 11.5 Å². The Bertz CT molecular complexity index is 1000. The van der Waals surface area contributed by atoms with Crippen molar-refractivity contribution < 1.29 is 19.0 Å². The van der Waals surface area contributed by atoms with E-state index in [9.17, 15) is 4.79 Å². The van der Waals surface area contributed by atoms with Crippen molar-refractivity contribution in [2.45, 2.75) is 25.9 Å². The number of carbonyl (C=O) groups excluding carboxylic acids is 1. The standard InChI is InChI=1S/C22H21NO4/c1-22(2)20-16(15-8-9-23-12-18(15)27-22)11-17(21(24)26-4)19(20)13-6-5-7-14(10-13)25-3/h5-10,12H,11H2,1-4H3. The summed E-state index contributed by atoms with van der Waals surface area (Å²) in [5.41, 5.74) is 4.86. The van der Waals surface area contributed by atoms with Gasteiger partial charge in [0.2, 0.25) is 0 Å². The van der Waals surface area contributed by atoms with Crippen LogP contribution in [0.2, 0.25) is 0 Å². The highest BCUT2D eigenvalue weighted by Gasteiger charge is 2.43. The molecule has 5 heteroatoms. The fourth-order valence-electron chi connectivity index (χ4n) is 3.98. The zero-order valence-corrected chi connectivity index (χ0v) is 15.8. The maximum Gasteiger partial charge on any atom is 0.334 e. The Kier molecular flexibility index (Phi) is 4.02. The maximum absolute atomic E-state index is 12.6. The molecule has 0 atom stereocenters. The molecule has 5 nitrogen and oxygen atoms in total. The fourth-order valence-corrected chi connectivity index (χ4v) is 3.98. The van der Waals surface area contributed by atoms with Crippen LogP contribution in [0.25, 0.3) is 11.1 Å².